The van der Waals surface area contributed by atoms with Gasteiger partial charge in [0.15, 0.2) is 0 Å². The molecule has 1 aromatic heterocycles. The number of urea groups is 1. The van der Waals surface area contributed by atoms with Gasteiger partial charge in [-0.25, -0.2) is 14.8 Å². The number of hydrogen-bond acceptors (Lipinski definition) is 4. The topological polar surface area (TPSA) is 70.2 Å². The summed E-state index contributed by atoms with van der Waals surface area (Å²) in [7, 11) is 3.31. The Hall–Kier alpha value is -1.92. The van der Waals surface area contributed by atoms with Gasteiger partial charge in [-0.05, 0) is 0 Å². The molecule has 0 spiro atoms. The van der Waals surface area contributed by atoms with Crippen LogP contribution in [0.3, 0.4) is 0 Å². The number of amides is 2. The highest BCUT2D eigenvalue weighted by atomic mass is 19.1. The Labute approximate surface area is 92.9 Å². The van der Waals surface area contributed by atoms with E-state index in [2.05, 4.69) is 20.6 Å². The zero-order valence-electron chi connectivity index (χ0n) is 9.20. The molecule has 0 atom stereocenters. The van der Waals surface area contributed by atoms with E-state index in [1.54, 1.807) is 14.1 Å². The van der Waals surface area contributed by atoms with Crippen LogP contribution in [0, 0.1) is 5.95 Å². The van der Waals surface area contributed by atoms with E-state index in [9.17, 15) is 9.18 Å². The highest BCUT2D eigenvalue weighted by Gasteiger charge is 2.01. The SMILES string of the molecule is CN(C)C(=O)NCCNc1cc(F)ncn1. The average molecular weight is 227 g/mol. The largest absolute Gasteiger partial charge is 0.368 e. The number of carbonyl (C=O) groups is 1. The summed E-state index contributed by atoms with van der Waals surface area (Å²) in [5.74, 6) is -0.193. The Balaban J connectivity index is 2.23. The summed E-state index contributed by atoms with van der Waals surface area (Å²) >= 11 is 0. The van der Waals surface area contributed by atoms with Gasteiger partial charge in [-0.1, -0.05) is 0 Å². The van der Waals surface area contributed by atoms with Gasteiger partial charge in [0.1, 0.15) is 12.1 Å². The van der Waals surface area contributed by atoms with Gasteiger partial charge in [-0.15, -0.1) is 0 Å². The number of carbonyl (C=O) groups excluding carboxylic acids is 1. The predicted molar refractivity (Wildman–Crippen MR) is 57.6 cm³/mol. The van der Waals surface area contributed by atoms with Gasteiger partial charge >= 0.3 is 6.03 Å². The minimum atomic E-state index is -0.588. The zero-order valence-corrected chi connectivity index (χ0v) is 9.20. The molecule has 0 radical (unpaired) electrons. The number of anilines is 1. The molecule has 0 saturated carbocycles. The maximum atomic E-state index is 12.6. The number of rotatable bonds is 4. The van der Waals surface area contributed by atoms with Crippen molar-refractivity contribution in [3.05, 3.63) is 18.3 Å². The summed E-state index contributed by atoms with van der Waals surface area (Å²) in [5.41, 5.74) is 0. The van der Waals surface area contributed by atoms with Crippen molar-refractivity contribution in [1.82, 2.24) is 20.2 Å². The first-order valence-electron chi connectivity index (χ1n) is 4.76. The molecule has 0 aliphatic rings. The van der Waals surface area contributed by atoms with Crippen LogP contribution in [0.25, 0.3) is 0 Å². The number of nitrogens with one attached hydrogen (secondary N) is 2. The minimum Gasteiger partial charge on any atom is -0.368 e. The van der Waals surface area contributed by atoms with Gasteiger partial charge < -0.3 is 15.5 Å². The molecule has 0 bridgehead atoms. The van der Waals surface area contributed by atoms with Crippen molar-refractivity contribution in [1.29, 1.82) is 0 Å². The quantitative estimate of drug-likeness (QED) is 0.573. The first kappa shape index (κ1) is 12.2. The lowest BCUT2D eigenvalue weighted by molar-refractivity contribution is 0.218. The Kier molecular flexibility index (Phi) is 4.43. The van der Waals surface area contributed by atoms with Crippen LogP contribution in [0.1, 0.15) is 0 Å². The Morgan fingerprint density at radius 3 is 2.81 bits per heavy atom. The van der Waals surface area contributed by atoms with E-state index in [-0.39, 0.29) is 6.03 Å². The molecule has 16 heavy (non-hydrogen) atoms. The standard InChI is InChI=1S/C9H14FN5O/c1-15(2)9(16)12-4-3-11-8-5-7(10)13-6-14-8/h5-6H,3-4H2,1-2H3,(H,12,16)(H,11,13,14). The van der Waals surface area contributed by atoms with Gasteiger partial charge in [0.2, 0.25) is 5.95 Å². The van der Waals surface area contributed by atoms with Gasteiger partial charge in [-0.3, -0.25) is 0 Å². The highest BCUT2D eigenvalue weighted by molar-refractivity contribution is 5.73. The monoisotopic (exact) mass is 227 g/mol. The van der Waals surface area contributed by atoms with E-state index in [4.69, 9.17) is 0 Å². The highest BCUT2D eigenvalue weighted by Crippen LogP contribution is 2.00. The summed E-state index contributed by atoms with van der Waals surface area (Å²) in [6.45, 7) is 0.901. The second-order valence-electron chi connectivity index (χ2n) is 3.28. The summed E-state index contributed by atoms with van der Waals surface area (Å²) in [4.78, 5) is 19.7. The fraction of sp³-hybridized carbons (Fsp3) is 0.444. The summed E-state index contributed by atoms with van der Waals surface area (Å²) < 4.78 is 12.6. The van der Waals surface area contributed by atoms with Gasteiger partial charge in [-0.2, -0.15) is 4.39 Å². The van der Waals surface area contributed by atoms with Crippen molar-refractivity contribution in [3.8, 4) is 0 Å². The second-order valence-corrected chi connectivity index (χ2v) is 3.28. The minimum absolute atomic E-state index is 0.171. The lowest BCUT2D eigenvalue weighted by Gasteiger charge is -2.12. The van der Waals surface area contributed by atoms with E-state index >= 15 is 0 Å². The molecule has 2 amide bonds. The van der Waals surface area contributed by atoms with E-state index < -0.39 is 5.95 Å². The van der Waals surface area contributed by atoms with Gasteiger partial charge in [0.25, 0.3) is 0 Å². The van der Waals surface area contributed by atoms with E-state index in [1.165, 1.54) is 11.0 Å². The second kappa shape index (κ2) is 5.84. The fourth-order valence-corrected chi connectivity index (χ4v) is 0.948. The van der Waals surface area contributed by atoms with Crippen LogP contribution in [-0.4, -0.2) is 48.1 Å². The smallest absolute Gasteiger partial charge is 0.316 e. The summed E-state index contributed by atoms with van der Waals surface area (Å²) in [6, 6.07) is 1.02. The molecule has 7 heteroatoms. The zero-order chi connectivity index (χ0) is 12.0. The van der Waals surface area contributed by atoms with Gasteiger partial charge in [0, 0.05) is 33.3 Å². The molecular weight excluding hydrogens is 213 g/mol. The number of hydrogen-bond donors (Lipinski definition) is 2. The maximum Gasteiger partial charge on any atom is 0.316 e. The summed E-state index contributed by atoms with van der Waals surface area (Å²) in [6.07, 6.45) is 1.13. The van der Waals surface area contributed by atoms with Crippen molar-refractivity contribution in [3.63, 3.8) is 0 Å². The Bertz CT molecular complexity index is 358. The van der Waals surface area contributed by atoms with Crippen molar-refractivity contribution in [2.45, 2.75) is 0 Å². The molecule has 0 aliphatic carbocycles. The van der Waals surface area contributed by atoms with Crippen LogP contribution >= 0.6 is 0 Å². The molecule has 1 heterocycles. The van der Waals surface area contributed by atoms with Crippen LogP contribution < -0.4 is 10.6 Å². The molecule has 0 aromatic carbocycles. The Morgan fingerprint density at radius 1 is 1.44 bits per heavy atom. The van der Waals surface area contributed by atoms with Crippen LogP contribution in [0.5, 0.6) is 0 Å². The Morgan fingerprint density at radius 2 is 2.19 bits per heavy atom. The molecule has 88 valence electrons. The maximum absolute atomic E-state index is 12.6. The third-order valence-corrected chi connectivity index (χ3v) is 1.75. The lowest BCUT2D eigenvalue weighted by atomic mass is 10.5. The van der Waals surface area contributed by atoms with Crippen molar-refractivity contribution in [2.24, 2.45) is 0 Å². The normalized spacial score (nSPS) is 9.69. The predicted octanol–water partition coefficient (Wildman–Crippen LogP) is 0.299. The first-order chi connectivity index (χ1) is 7.59. The number of halogens is 1. The van der Waals surface area contributed by atoms with E-state index in [1.807, 2.05) is 0 Å². The first-order valence-corrected chi connectivity index (χ1v) is 4.76. The average Bonchev–Trinajstić information content (AvgIpc) is 2.24. The molecule has 0 fully saturated rings. The third kappa shape index (κ3) is 4.07. The van der Waals surface area contributed by atoms with Gasteiger partial charge in [0.05, 0.1) is 0 Å². The van der Waals surface area contributed by atoms with Crippen LogP contribution in [0.4, 0.5) is 15.0 Å². The van der Waals surface area contributed by atoms with Crippen molar-refractivity contribution < 1.29 is 9.18 Å². The number of aromatic nitrogens is 2. The van der Waals surface area contributed by atoms with E-state index in [0.717, 1.165) is 6.33 Å². The molecule has 0 unspecified atom stereocenters. The third-order valence-electron chi connectivity index (χ3n) is 1.75. The lowest BCUT2D eigenvalue weighted by Crippen LogP contribution is -2.37. The van der Waals surface area contributed by atoms with E-state index in [0.29, 0.717) is 18.9 Å². The van der Waals surface area contributed by atoms with Crippen molar-refractivity contribution in [2.75, 3.05) is 32.5 Å². The molecule has 6 nitrogen and oxygen atoms in total. The molecule has 0 aliphatic heterocycles. The van der Waals surface area contributed by atoms with Crippen molar-refractivity contribution >= 4 is 11.8 Å². The molecule has 1 rings (SSSR count). The van der Waals surface area contributed by atoms with Crippen LogP contribution in [-0.2, 0) is 0 Å². The molecule has 2 N–H and O–H groups in total. The fourth-order valence-electron chi connectivity index (χ4n) is 0.948. The van der Waals surface area contributed by atoms with Crippen LogP contribution in [0.15, 0.2) is 12.4 Å². The number of nitrogens with zero attached hydrogens (tertiary/aromatic N) is 3. The molecular formula is C9H14FN5O. The van der Waals surface area contributed by atoms with Crippen LogP contribution in [0.2, 0.25) is 0 Å². The molecule has 0 saturated heterocycles. The molecule has 1 aromatic rings. The summed E-state index contributed by atoms with van der Waals surface area (Å²) in [5, 5.41) is 5.51.